The number of alkyl halides is 5. The van der Waals surface area contributed by atoms with E-state index in [1.54, 1.807) is 41.5 Å². The van der Waals surface area contributed by atoms with Crippen molar-refractivity contribution in [2.75, 3.05) is 0 Å². The van der Waals surface area contributed by atoms with E-state index >= 15 is 0 Å². The number of aliphatic hydroxyl groups is 2. The molecule has 10 heteroatoms. The molecule has 0 aliphatic heterocycles. The SMILES string of the molecule is CC(C)(Br)C(=O)C1CC(C(O)C(C)(C)Br)CC(C(O)C(C)(C)Br)CC(C(=O)C(C)(C)Br)C(C(=O)C(C)(C)Br)C1. The van der Waals surface area contributed by atoms with Gasteiger partial charge in [-0.2, -0.15) is 0 Å². The summed E-state index contributed by atoms with van der Waals surface area (Å²) < 4.78 is -4.01. The van der Waals surface area contributed by atoms with Gasteiger partial charge in [0.2, 0.25) is 0 Å². The Hall–Kier alpha value is 1.33. The molecule has 5 nitrogen and oxygen atoms in total. The maximum Gasteiger partial charge on any atom is 0.152 e. The normalized spacial score (nSPS) is 28.1. The Morgan fingerprint density at radius 2 is 0.846 bits per heavy atom. The molecule has 0 aromatic carbocycles. The molecule has 1 fully saturated rings. The Kier molecular flexibility index (Phi) is 13.3. The van der Waals surface area contributed by atoms with Gasteiger partial charge >= 0.3 is 0 Å². The maximum atomic E-state index is 14.0. The van der Waals surface area contributed by atoms with E-state index in [9.17, 15) is 24.6 Å². The van der Waals surface area contributed by atoms with E-state index in [2.05, 4.69) is 79.6 Å². The van der Waals surface area contributed by atoms with Gasteiger partial charge in [0.1, 0.15) is 0 Å². The fraction of sp³-hybridized carbons (Fsp3) is 0.897. The summed E-state index contributed by atoms with van der Waals surface area (Å²) in [4.78, 5) is 42.0. The Bertz CT molecular complexity index is 886. The molecule has 0 amide bonds. The molecule has 0 saturated heterocycles. The lowest BCUT2D eigenvalue weighted by atomic mass is 9.70. The number of carbonyl (C=O) groups is 3. The minimum absolute atomic E-state index is 0.0682. The van der Waals surface area contributed by atoms with E-state index in [1.807, 2.05) is 27.7 Å². The van der Waals surface area contributed by atoms with E-state index in [-0.39, 0.29) is 36.1 Å². The van der Waals surface area contributed by atoms with Crippen molar-refractivity contribution >= 4 is 97.0 Å². The van der Waals surface area contributed by atoms with Crippen LogP contribution in [0.15, 0.2) is 0 Å². The number of aliphatic hydroxyl groups excluding tert-OH is 2. The van der Waals surface area contributed by atoms with Crippen molar-refractivity contribution in [3.8, 4) is 0 Å². The van der Waals surface area contributed by atoms with Gasteiger partial charge in [-0.1, -0.05) is 79.6 Å². The van der Waals surface area contributed by atoms with Gasteiger partial charge in [-0.05, 0) is 107 Å². The largest absolute Gasteiger partial charge is 0.391 e. The summed E-state index contributed by atoms with van der Waals surface area (Å²) in [7, 11) is 0. The maximum absolute atomic E-state index is 14.0. The van der Waals surface area contributed by atoms with E-state index in [0.29, 0.717) is 12.8 Å². The topological polar surface area (TPSA) is 91.7 Å². The second-order valence-electron chi connectivity index (χ2n) is 13.9. The molecular weight excluding hydrogens is 828 g/mol. The third-order valence-electron chi connectivity index (χ3n) is 7.88. The van der Waals surface area contributed by atoms with Crippen LogP contribution in [0.25, 0.3) is 0 Å². The smallest absolute Gasteiger partial charge is 0.152 e. The van der Waals surface area contributed by atoms with E-state index in [0.717, 1.165) is 0 Å². The van der Waals surface area contributed by atoms with Crippen LogP contribution in [0.4, 0.5) is 0 Å². The highest BCUT2D eigenvalue weighted by Crippen LogP contribution is 2.47. The zero-order valence-electron chi connectivity index (χ0n) is 24.9. The number of hydrogen-bond acceptors (Lipinski definition) is 5. The van der Waals surface area contributed by atoms with Crippen LogP contribution < -0.4 is 0 Å². The summed E-state index contributed by atoms with van der Waals surface area (Å²) in [5, 5.41) is 23.1. The number of halogens is 5. The molecule has 0 radical (unpaired) electrons. The molecule has 0 aromatic heterocycles. The van der Waals surface area contributed by atoms with Crippen LogP contribution in [-0.4, -0.2) is 61.4 Å². The van der Waals surface area contributed by atoms with Crippen molar-refractivity contribution < 1.29 is 24.6 Å². The Balaban J connectivity index is 4.00. The van der Waals surface area contributed by atoms with Crippen LogP contribution in [0.3, 0.4) is 0 Å². The highest BCUT2D eigenvalue weighted by atomic mass is 79.9. The van der Waals surface area contributed by atoms with Gasteiger partial charge in [-0.3, -0.25) is 14.4 Å². The molecule has 1 saturated carbocycles. The van der Waals surface area contributed by atoms with Crippen LogP contribution in [0, 0.1) is 29.6 Å². The third-order valence-corrected chi connectivity index (χ3v) is 9.99. The standard InChI is InChI=1S/C29H47Br5O5/c1-25(2,30)20(35)15-11-16(21(36)26(3,4)31)13-18(23(38)28(7,8)33)19(24(39)29(9,10)34)14-17(12-15)22(37)27(5,6)32/h15-21,35-36H,11-14H2,1-10H3. The fourth-order valence-electron chi connectivity index (χ4n) is 5.80. The Morgan fingerprint density at radius 3 is 1.15 bits per heavy atom. The van der Waals surface area contributed by atoms with Gasteiger partial charge in [0.05, 0.1) is 25.2 Å². The molecule has 39 heavy (non-hydrogen) atoms. The summed E-state index contributed by atoms with van der Waals surface area (Å²) in [6, 6.07) is 0. The molecule has 228 valence electrons. The highest BCUT2D eigenvalue weighted by Gasteiger charge is 2.50. The number of Topliss-reactive ketones (excluding diaryl/α,β-unsaturated/α-hetero) is 3. The van der Waals surface area contributed by atoms with E-state index in [4.69, 9.17) is 0 Å². The number of rotatable bonds is 10. The number of carbonyl (C=O) groups excluding carboxylic acids is 3. The van der Waals surface area contributed by atoms with Gasteiger partial charge in [0.15, 0.2) is 17.3 Å². The van der Waals surface area contributed by atoms with E-state index in [1.165, 1.54) is 0 Å². The number of ketones is 3. The lowest BCUT2D eigenvalue weighted by Gasteiger charge is -2.39. The van der Waals surface area contributed by atoms with Crippen molar-refractivity contribution in [3.63, 3.8) is 0 Å². The summed E-state index contributed by atoms with van der Waals surface area (Å²) >= 11 is 17.9. The molecule has 0 aromatic rings. The van der Waals surface area contributed by atoms with Crippen molar-refractivity contribution in [1.82, 2.24) is 0 Å². The highest BCUT2D eigenvalue weighted by molar-refractivity contribution is 9.10. The van der Waals surface area contributed by atoms with Crippen LogP contribution in [-0.2, 0) is 14.4 Å². The first kappa shape index (κ1) is 38.4. The van der Waals surface area contributed by atoms with Gasteiger partial charge in [-0.25, -0.2) is 0 Å². The third kappa shape index (κ3) is 10.8. The minimum atomic E-state index is -0.919. The van der Waals surface area contributed by atoms with Crippen LogP contribution in [0.1, 0.15) is 94.9 Å². The van der Waals surface area contributed by atoms with Crippen LogP contribution in [0.2, 0.25) is 0 Å². The molecule has 7 unspecified atom stereocenters. The monoisotopic (exact) mass is 870 g/mol. The predicted molar refractivity (Wildman–Crippen MR) is 178 cm³/mol. The van der Waals surface area contributed by atoms with Crippen molar-refractivity contribution in [3.05, 3.63) is 0 Å². The average molecular weight is 875 g/mol. The molecule has 7 atom stereocenters. The average Bonchev–Trinajstić information content (AvgIpc) is 2.80. The zero-order valence-corrected chi connectivity index (χ0v) is 32.8. The lowest BCUT2D eigenvalue weighted by Crippen LogP contribution is -2.47. The molecule has 0 bridgehead atoms. The van der Waals surface area contributed by atoms with Crippen molar-refractivity contribution in [1.29, 1.82) is 0 Å². The molecule has 1 aliphatic carbocycles. The molecule has 1 aliphatic rings. The fourth-order valence-corrected chi connectivity index (χ4v) is 7.46. The molecule has 1 rings (SSSR count). The van der Waals surface area contributed by atoms with Gasteiger partial charge in [0.25, 0.3) is 0 Å². The van der Waals surface area contributed by atoms with Crippen LogP contribution >= 0.6 is 79.6 Å². The predicted octanol–water partition coefficient (Wildman–Crippen LogP) is 7.94. The summed E-state index contributed by atoms with van der Waals surface area (Å²) in [5.41, 5.74) is 0. The molecule has 0 spiro atoms. The van der Waals surface area contributed by atoms with Gasteiger partial charge in [0, 0.05) is 26.4 Å². The minimum Gasteiger partial charge on any atom is -0.391 e. The molecule has 2 N–H and O–H groups in total. The first-order chi connectivity index (χ1) is 17.1. The van der Waals surface area contributed by atoms with Crippen molar-refractivity contribution in [2.45, 2.75) is 129 Å². The van der Waals surface area contributed by atoms with Gasteiger partial charge < -0.3 is 10.2 Å². The number of hydrogen-bond donors (Lipinski definition) is 2. The van der Waals surface area contributed by atoms with Crippen molar-refractivity contribution in [2.24, 2.45) is 29.6 Å². The summed E-state index contributed by atoms with van der Waals surface area (Å²) in [6.45, 7) is 18.2. The quantitative estimate of drug-likeness (QED) is 0.218. The first-order valence-electron chi connectivity index (χ1n) is 13.5. The zero-order chi connectivity index (χ0) is 31.1. The summed E-state index contributed by atoms with van der Waals surface area (Å²) in [6.07, 6.45) is -0.527. The Morgan fingerprint density at radius 1 is 0.538 bits per heavy atom. The first-order valence-corrected chi connectivity index (χ1v) is 17.5. The van der Waals surface area contributed by atoms with Gasteiger partial charge in [-0.15, -0.1) is 0 Å². The van der Waals surface area contributed by atoms with Crippen LogP contribution in [0.5, 0.6) is 0 Å². The second kappa shape index (κ2) is 13.5. The molecule has 0 heterocycles. The van der Waals surface area contributed by atoms with E-state index < -0.39 is 57.5 Å². The molecular formula is C29H47Br5O5. The second-order valence-corrected chi connectivity index (χ2v) is 23.9. The lowest BCUT2D eigenvalue weighted by molar-refractivity contribution is -0.137. The summed E-state index contributed by atoms with van der Waals surface area (Å²) in [5.74, 6) is -3.21. The Labute approximate surface area is 277 Å².